The van der Waals surface area contributed by atoms with E-state index in [4.69, 9.17) is 9.47 Å². The molecule has 0 bridgehead atoms. The first-order chi connectivity index (χ1) is 11.3. The second kappa shape index (κ2) is 10.0. The quantitative estimate of drug-likeness (QED) is 0.662. The molecule has 0 aliphatic rings. The number of ether oxygens (including phenoxy) is 2. The van der Waals surface area contributed by atoms with Gasteiger partial charge in [-0.3, -0.25) is 0 Å². The molecule has 3 heteroatoms. The molecule has 1 atom stereocenters. The van der Waals surface area contributed by atoms with Gasteiger partial charge in [0.1, 0.15) is 12.4 Å². The van der Waals surface area contributed by atoms with Gasteiger partial charge in [-0.1, -0.05) is 55.5 Å². The summed E-state index contributed by atoms with van der Waals surface area (Å²) in [5.74, 6) is 0.933. The van der Waals surface area contributed by atoms with Crippen molar-refractivity contribution in [2.45, 2.75) is 32.9 Å². The van der Waals surface area contributed by atoms with Gasteiger partial charge in [-0.2, -0.15) is 0 Å². The van der Waals surface area contributed by atoms with Crippen LogP contribution in [0.5, 0.6) is 5.75 Å². The van der Waals surface area contributed by atoms with Gasteiger partial charge in [0.05, 0.1) is 6.61 Å². The van der Waals surface area contributed by atoms with Gasteiger partial charge in [0.15, 0.2) is 0 Å². The lowest BCUT2D eigenvalue weighted by atomic mass is 10.0. The van der Waals surface area contributed by atoms with E-state index in [1.165, 1.54) is 11.1 Å². The molecule has 0 amide bonds. The van der Waals surface area contributed by atoms with Crippen LogP contribution >= 0.6 is 0 Å². The molecule has 0 heterocycles. The largest absolute Gasteiger partial charge is 0.491 e. The molecule has 0 radical (unpaired) electrons. The highest BCUT2D eigenvalue weighted by molar-refractivity contribution is 5.33. The highest BCUT2D eigenvalue weighted by Gasteiger charge is 2.10. The lowest BCUT2D eigenvalue weighted by Gasteiger charge is -2.19. The minimum absolute atomic E-state index is 0.354. The molecule has 1 unspecified atom stereocenters. The van der Waals surface area contributed by atoms with Crippen LogP contribution < -0.4 is 10.1 Å². The summed E-state index contributed by atoms with van der Waals surface area (Å²) in [4.78, 5) is 0. The van der Waals surface area contributed by atoms with Crippen LogP contribution in [0.25, 0.3) is 0 Å². The van der Waals surface area contributed by atoms with Crippen molar-refractivity contribution in [1.29, 1.82) is 0 Å². The number of benzene rings is 2. The molecule has 0 aliphatic carbocycles. The van der Waals surface area contributed by atoms with E-state index in [1.807, 2.05) is 19.1 Å². The van der Waals surface area contributed by atoms with Crippen molar-refractivity contribution in [3.05, 3.63) is 65.7 Å². The lowest BCUT2D eigenvalue weighted by molar-refractivity contribution is 0.110. The Kier molecular flexibility index (Phi) is 7.64. The van der Waals surface area contributed by atoms with Crippen molar-refractivity contribution in [2.24, 2.45) is 0 Å². The molecule has 3 nitrogen and oxygen atoms in total. The number of para-hydroxylation sites is 1. The zero-order chi connectivity index (χ0) is 16.3. The molecule has 1 N–H and O–H groups in total. The fraction of sp³-hybridized carbons (Fsp3) is 0.400. The average molecular weight is 313 g/mol. The fourth-order valence-electron chi connectivity index (χ4n) is 2.56. The monoisotopic (exact) mass is 313 g/mol. The molecule has 0 spiro atoms. The van der Waals surface area contributed by atoms with Crippen LogP contribution in [0.2, 0.25) is 0 Å². The molecule has 2 aromatic rings. The van der Waals surface area contributed by atoms with E-state index >= 15 is 0 Å². The summed E-state index contributed by atoms with van der Waals surface area (Å²) in [6, 6.07) is 19.1. The van der Waals surface area contributed by atoms with Crippen molar-refractivity contribution in [3.63, 3.8) is 0 Å². The number of hydrogen-bond donors (Lipinski definition) is 1. The Hall–Kier alpha value is -1.84. The van der Waals surface area contributed by atoms with E-state index in [9.17, 15) is 0 Å². The molecule has 23 heavy (non-hydrogen) atoms. The zero-order valence-corrected chi connectivity index (χ0v) is 14.1. The molecule has 124 valence electrons. The Morgan fingerprint density at radius 2 is 1.65 bits per heavy atom. The van der Waals surface area contributed by atoms with Crippen molar-refractivity contribution < 1.29 is 9.47 Å². The SMILES string of the molecule is CCOCCOc1ccccc1CNC(CC)c1ccccc1. The van der Waals surface area contributed by atoms with Gasteiger partial charge in [-0.05, 0) is 25.0 Å². The molecule has 2 aromatic carbocycles. The van der Waals surface area contributed by atoms with Crippen molar-refractivity contribution >= 4 is 0 Å². The summed E-state index contributed by atoms with van der Waals surface area (Å²) < 4.78 is 11.2. The molecular formula is C20H27NO2. The highest BCUT2D eigenvalue weighted by atomic mass is 16.5. The second-order valence-electron chi connectivity index (χ2n) is 5.41. The smallest absolute Gasteiger partial charge is 0.123 e. The van der Waals surface area contributed by atoms with E-state index in [-0.39, 0.29) is 0 Å². The van der Waals surface area contributed by atoms with E-state index in [1.54, 1.807) is 0 Å². The third-order valence-corrected chi connectivity index (χ3v) is 3.81. The number of rotatable bonds is 10. The van der Waals surface area contributed by atoms with Crippen molar-refractivity contribution in [3.8, 4) is 5.75 Å². The van der Waals surface area contributed by atoms with E-state index in [0.717, 1.165) is 25.3 Å². The maximum Gasteiger partial charge on any atom is 0.123 e. The Bertz CT molecular complexity index is 557. The summed E-state index contributed by atoms with van der Waals surface area (Å²) in [6.45, 7) is 6.92. The minimum atomic E-state index is 0.354. The maximum absolute atomic E-state index is 5.85. The lowest BCUT2D eigenvalue weighted by Crippen LogP contribution is -2.20. The third-order valence-electron chi connectivity index (χ3n) is 3.81. The van der Waals surface area contributed by atoms with Crippen molar-refractivity contribution in [2.75, 3.05) is 19.8 Å². The molecular weight excluding hydrogens is 286 g/mol. The van der Waals surface area contributed by atoms with E-state index in [2.05, 4.69) is 54.7 Å². The van der Waals surface area contributed by atoms with Gasteiger partial charge in [0, 0.05) is 24.8 Å². The molecule has 0 saturated carbocycles. The Morgan fingerprint density at radius 1 is 0.913 bits per heavy atom. The topological polar surface area (TPSA) is 30.5 Å². The average Bonchev–Trinajstić information content (AvgIpc) is 2.61. The minimum Gasteiger partial charge on any atom is -0.491 e. The second-order valence-corrected chi connectivity index (χ2v) is 5.41. The first-order valence-corrected chi connectivity index (χ1v) is 8.42. The summed E-state index contributed by atoms with van der Waals surface area (Å²) in [5, 5.41) is 3.63. The van der Waals surface area contributed by atoms with Crippen LogP contribution in [-0.2, 0) is 11.3 Å². The summed E-state index contributed by atoms with van der Waals surface area (Å²) >= 11 is 0. The first-order valence-electron chi connectivity index (χ1n) is 8.42. The first kappa shape index (κ1) is 17.5. The van der Waals surface area contributed by atoms with Crippen LogP contribution in [0, 0.1) is 0 Å². The van der Waals surface area contributed by atoms with E-state index in [0.29, 0.717) is 19.3 Å². The Labute approximate surface area is 139 Å². The molecule has 0 saturated heterocycles. The van der Waals surface area contributed by atoms with Crippen LogP contribution in [0.4, 0.5) is 0 Å². The van der Waals surface area contributed by atoms with Gasteiger partial charge in [0.2, 0.25) is 0 Å². The van der Waals surface area contributed by atoms with Gasteiger partial charge >= 0.3 is 0 Å². The third kappa shape index (κ3) is 5.70. The number of hydrogen-bond acceptors (Lipinski definition) is 3. The fourth-order valence-corrected chi connectivity index (χ4v) is 2.56. The van der Waals surface area contributed by atoms with Crippen LogP contribution in [0.1, 0.15) is 37.4 Å². The predicted molar refractivity (Wildman–Crippen MR) is 94.7 cm³/mol. The van der Waals surface area contributed by atoms with Gasteiger partial charge in [0.25, 0.3) is 0 Å². The van der Waals surface area contributed by atoms with Gasteiger partial charge in [-0.15, -0.1) is 0 Å². The molecule has 0 aliphatic heterocycles. The molecule has 0 aromatic heterocycles. The van der Waals surface area contributed by atoms with Crippen LogP contribution in [0.15, 0.2) is 54.6 Å². The molecule has 0 fully saturated rings. The maximum atomic E-state index is 5.85. The van der Waals surface area contributed by atoms with Crippen molar-refractivity contribution in [1.82, 2.24) is 5.32 Å². The van der Waals surface area contributed by atoms with Crippen LogP contribution in [0.3, 0.4) is 0 Å². The molecule has 2 rings (SSSR count). The summed E-state index contributed by atoms with van der Waals surface area (Å²) in [6.07, 6.45) is 1.05. The predicted octanol–water partition coefficient (Wildman–Crippen LogP) is 4.34. The Balaban J connectivity index is 1.94. The van der Waals surface area contributed by atoms with Crippen LogP contribution in [-0.4, -0.2) is 19.8 Å². The van der Waals surface area contributed by atoms with Gasteiger partial charge < -0.3 is 14.8 Å². The standard InChI is InChI=1S/C20H27NO2/c1-3-19(17-10-6-5-7-11-17)21-16-18-12-8-9-13-20(18)23-15-14-22-4-2/h5-13,19,21H,3-4,14-16H2,1-2H3. The normalized spacial score (nSPS) is 12.1. The number of nitrogens with one attached hydrogen (secondary N) is 1. The zero-order valence-electron chi connectivity index (χ0n) is 14.1. The highest BCUT2D eigenvalue weighted by Crippen LogP contribution is 2.21. The summed E-state index contributed by atoms with van der Waals surface area (Å²) in [7, 11) is 0. The van der Waals surface area contributed by atoms with Gasteiger partial charge in [-0.25, -0.2) is 0 Å². The summed E-state index contributed by atoms with van der Waals surface area (Å²) in [5.41, 5.74) is 2.50. The van der Waals surface area contributed by atoms with E-state index < -0.39 is 0 Å². The Morgan fingerprint density at radius 3 is 2.39 bits per heavy atom.